The Balaban J connectivity index is 1.58. The number of esters is 1. The van der Waals surface area contributed by atoms with Gasteiger partial charge in [0.25, 0.3) is 5.91 Å². The molecule has 3 rings (SSSR count). The highest BCUT2D eigenvalue weighted by molar-refractivity contribution is 5.89. The summed E-state index contributed by atoms with van der Waals surface area (Å²) in [6.07, 6.45) is 3.76. The number of nitrogens with zero attached hydrogens (tertiary/aromatic N) is 1. The van der Waals surface area contributed by atoms with Crippen LogP contribution in [0.2, 0.25) is 0 Å². The number of rotatable bonds is 5. The molecule has 7 heteroatoms. The number of carbonyl (C=O) groups excluding carboxylic acids is 3. The van der Waals surface area contributed by atoms with Crippen LogP contribution in [0.15, 0.2) is 28.9 Å². The highest BCUT2D eigenvalue weighted by atomic mass is 16.5. The van der Waals surface area contributed by atoms with Gasteiger partial charge in [0, 0.05) is 17.5 Å². The fraction of sp³-hybridized carbons (Fsp3) is 0.421. The van der Waals surface area contributed by atoms with Crippen LogP contribution in [0.4, 0.5) is 0 Å². The van der Waals surface area contributed by atoms with Gasteiger partial charge in [-0.15, -0.1) is 0 Å². The summed E-state index contributed by atoms with van der Waals surface area (Å²) in [6, 6.07) is 5.12. The van der Waals surface area contributed by atoms with Crippen molar-refractivity contribution in [2.24, 2.45) is 5.73 Å². The number of piperidine rings is 1. The molecule has 2 aromatic rings. The zero-order valence-electron chi connectivity index (χ0n) is 14.7. The Hall–Kier alpha value is -2.83. The summed E-state index contributed by atoms with van der Waals surface area (Å²) in [6.45, 7) is 2.02. The third-order valence-corrected chi connectivity index (χ3v) is 4.65. The Bertz CT molecular complexity index is 842. The number of aryl methyl sites for hydroxylation is 1. The van der Waals surface area contributed by atoms with Crippen LogP contribution in [0.5, 0.6) is 0 Å². The first kappa shape index (κ1) is 18.0. The fourth-order valence-electron chi connectivity index (χ4n) is 3.28. The van der Waals surface area contributed by atoms with Crippen molar-refractivity contribution in [2.45, 2.75) is 38.6 Å². The lowest BCUT2D eigenvalue weighted by Gasteiger charge is -2.33. The maximum absolute atomic E-state index is 12.3. The number of likely N-dealkylation sites (tertiary alicyclic amines) is 1. The van der Waals surface area contributed by atoms with Crippen LogP contribution in [0.3, 0.4) is 0 Å². The van der Waals surface area contributed by atoms with Crippen LogP contribution in [0, 0.1) is 6.92 Å². The van der Waals surface area contributed by atoms with Gasteiger partial charge in [0.2, 0.25) is 5.91 Å². The molecule has 0 radical (unpaired) electrons. The van der Waals surface area contributed by atoms with Gasteiger partial charge < -0.3 is 19.8 Å². The molecule has 7 nitrogen and oxygen atoms in total. The second kappa shape index (κ2) is 7.59. The first-order valence-electron chi connectivity index (χ1n) is 8.67. The smallest absolute Gasteiger partial charge is 0.310 e. The van der Waals surface area contributed by atoms with Gasteiger partial charge in [0.15, 0.2) is 6.61 Å². The normalized spacial score (nSPS) is 17.3. The predicted octanol–water partition coefficient (Wildman–Crippen LogP) is 1.69. The number of primary amides is 1. The monoisotopic (exact) mass is 358 g/mol. The van der Waals surface area contributed by atoms with Gasteiger partial charge >= 0.3 is 5.97 Å². The van der Waals surface area contributed by atoms with Crippen molar-refractivity contribution in [1.29, 1.82) is 0 Å². The molecule has 0 unspecified atom stereocenters. The maximum Gasteiger partial charge on any atom is 0.310 e. The van der Waals surface area contributed by atoms with Crippen molar-refractivity contribution < 1.29 is 23.5 Å². The summed E-state index contributed by atoms with van der Waals surface area (Å²) in [5.41, 5.74) is 7.84. The Morgan fingerprint density at radius 3 is 2.88 bits per heavy atom. The summed E-state index contributed by atoms with van der Waals surface area (Å²) in [5, 5.41) is 0.851. The molecule has 2 heterocycles. The van der Waals surface area contributed by atoms with E-state index in [4.69, 9.17) is 14.9 Å². The van der Waals surface area contributed by atoms with Gasteiger partial charge in [0.05, 0.1) is 12.7 Å². The van der Waals surface area contributed by atoms with E-state index in [1.54, 1.807) is 0 Å². The standard InChI is InChI=1S/C19H22N2O5/c1-12-5-6-14-13(10-25-16(14)8-12)9-18(23)26-11-17(22)21-7-3-2-4-15(21)19(20)24/h5-6,8,10,15H,2-4,7,9,11H2,1H3,(H2,20,24)/t15-/m1/s1. The van der Waals surface area contributed by atoms with E-state index in [1.807, 2.05) is 25.1 Å². The van der Waals surface area contributed by atoms with Gasteiger partial charge in [-0.2, -0.15) is 0 Å². The summed E-state index contributed by atoms with van der Waals surface area (Å²) in [5.74, 6) is -1.44. The fourth-order valence-corrected chi connectivity index (χ4v) is 3.28. The quantitative estimate of drug-likeness (QED) is 0.820. The number of nitrogens with two attached hydrogens (primary N) is 1. The largest absolute Gasteiger partial charge is 0.464 e. The number of fused-ring (bicyclic) bond motifs is 1. The SMILES string of the molecule is Cc1ccc2c(CC(=O)OCC(=O)N3CCCC[C@@H]3C(N)=O)coc2c1. The lowest BCUT2D eigenvalue weighted by molar-refractivity contribution is -0.154. The molecule has 1 saturated heterocycles. The summed E-state index contributed by atoms with van der Waals surface area (Å²) >= 11 is 0. The minimum Gasteiger partial charge on any atom is -0.464 e. The van der Waals surface area contributed by atoms with Gasteiger partial charge in [-0.3, -0.25) is 14.4 Å². The van der Waals surface area contributed by atoms with Crippen LogP contribution in [-0.2, 0) is 25.5 Å². The lowest BCUT2D eigenvalue weighted by atomic mass is 10.0. The Labute approximate surface area is 151 Å². The number of hydrogen-bond acceptors (Lipinski definition) is 5. The number of amides is 2. The van der Waals surface area contributed by atoms with Crippen LogP contribution in [0.1, 0.15) is 30.4 Å². The lowest BCUT2D eigenvalue weighted by Crippen LogP contribution is -2.51. The van der Waals surface area contributed by atoms with Crippen molar-refractivity contribution >= 4 is 28.8 Å². The van der Waals surface area contributed by atoms with Gasteiger partial charge in [0.1, 0.15) is 11.6 Å². The number of ether oxygens (including phenoxy) is 1. The number of benzene rings is 1. The second-order valence-corrected chi connectivity index (χ2v) is 6.60. The third kappa shape index (κ3) is 3.87. The van der Waals surface area contributed by atoms with Crippen molar-refractivity contribution in [3.05, 3.63) is 35.6 Å². The molecule has 26 heavy (non-hydrogen) atoms. The molecule has 1 fully saturated rings. The highest BCUT2D eigenvalue weighted by Gasteiger charge is 2.31. The molecule has 1 aliphatic rings. The maximum atomic E-state index is 12.3. The molecule has 138 valence electrons. The zero-order chi connectivity index (χ0) is 18.7. The predicted molar refractivity (Wildman–Crippen MR) is 94.2 cm³/mol. The molecule has 0 bridgehead atoms. The molecular weight excluding hydrogens is 336 g/mol. The Morgan fingerprint density at radius 1 is 1.31 bits per heavy atom. The van der Waals surface area contributed by atoms with E-state index in [0.717, 1.165) is 23.8 Å². The van der Waals surface area contributed by atoms with Crippen molar-refractivity contribution in [1.82, 2.24) is 4.90 Å². The molecule has 2 N–H and O–H groups in total. The van der Waals surface area contributed by atoms with E-state index in [2.05, 4.69) is 0 Å². The van der Waals surface area contributed by atoms with Gasteiger partial charge in [-0.05, 0) is 37.8 Å². The van der Waals surface area contributed by atoms with E-state index in [1.165, 1.54) is 11.2 Å². The molecule has 0 spiro atoms. The van der Waals surface area contributed by atoms with Gasteiger partial charge in [-0.1, -0.05) is 12.1 Å². The Morgan fingerprint density at radius 2 is 2.12 bits per heavy atom. The van der Waals surface area contributed by atoms with Crippen molar-refractivity contribution in [3.8, 4) is 0 Å². The summed E-state index contributed by atoms with van der Waals surface area (Å²) in [4.78, 5) is 37.3. The average molecular weight is 358 g/mol. The molecule has 1 aromatic heterocycles. The third-order valence-electron chi connectivity index (χ3n) is 4.65. The van der Waals surface area contributed by atoms with E-state index in [0.29, 0.717) is 24.1 Å². The summed E-state index contributed by atoms with van der Waals surface area (Å²) in [7, 11) is 0. The molecular formula is C19H22N2O5. The number of furan rings is 1. The first-order valence-corrected chi connectivity index (χ1v) is 8.67. The minimum absolute atomic E-state index is 0.0165. The van der Waals surface area contributed by atoms with E-state index in [-0.39, 0.29) is 6.42 Å². The van der Waals surface area contributed by atoms with Crippen molar-refractivity contribution in [3.63, 3.8) is 0 Å². The highest BCUT2D eigenvalue weighted by Crippen LogP contribution is 2.23. The zero-order valence-corrected chi connectivity index (χ0v) is 14.7. The van der Waals surface area contributed by atoms with E-state index < -0.39 is 30.4 Å². The number of carbonyl (C=O) groups is 3. The molecule has 0 aliphatic carbocycles. The van der Waals surface area contributed by atoms with Crippen LogP contribution < -0.4 is 5.73 Å². The van der Waals surface area contributed by atoms with E-state index in [9.17, 15) is 14.4 Å². The number of hydrogen-bond donors (Lipinski definition) is 1. The van der Waals surface area contributed by atoms with Crippen LogP contribution in [0.25, 0.3) is 11.0 Å². The molecule has 2 amide bonds. The summed E-state index contributed by atoms with van der Waals surface area (Å²) < 4.78 is 10.6. The average Bonchev–Trinajstić information content (AvgIpc) is 3.01. The second-order valence-electron chi connectivity index (χ2n) is 6.60. The Kier molecular flexibility index (Phi) is 5.25. The molecule has 0 saturated carbocycles. The first-order chi connectivity index (χ1) is 12.5. The van der Waals surface area contributed by atoms with Crippen molar-refractivity contribution in [2.75, 3.05) is 13.2 Å². The van der Waals surface area contributed by atoms with Crippen LogP contribution >= 0.6 is 0 Å². The molecule has 1 atom stereocenters. The molecule has 1 aliphatic heterocycles. The minimum atomic E-state index is -0.615. The topological polar surface area (TPSA) is 103 Å². The molecule has 1 aromatic carbocycles. The van der Waals surface area contributed by atoms with E-state index >= 15 is 0 Å². The van der Waals surface area contributed by atoms with Crippen LogP contribution in [-0.4, -0.2) is 41.9 Å². The van der Waals surface area contributed by atoms with Gasteiger partial charge in [-0.25, -0.2) is 0 Å².